The fourth-order valence-electron chi connectivity index (χ4n) is 2.43. The number of pyridine rings is 1. The van der Waals surface area contributed by atoms with Crippen molar-refractivity contribution in [3.63, 3.8) is 0 Å². The highest BCUT2D eigenvalue weighted by molar-refractivity contribution is 5.95. The van der Waals surface area contributed by atoms with Crippen LogP contribution in [0.3, 0.4) is 0 Å². The van der Waals surface area contributed by atoms with Gasteiger partial charge in [0.2, 0.25) is 0 Å². The molecule has 3 aromatic rings. The minimum atomic E-state index is -0.213. The molecule has 0 bridgehead atoms. The number of benzene rings is 1. The van der Waals surface area contributed by atoms with Crippen molar-refractivity contribution in [2.45, 2.75) is 12.5 Å². The summed E-state index contributed by atoms with van der Waals surface area (Å²) in [5, 5.41) is 12.2. The Balaban J connectivity index is 1.81. The summed E-state index contributed by atoms with van der Waals surface area (Å²) in [7, 11) is 0. The monoisotopic (exact) mass is 295 g/mol. The van der Waals surface area contributed by atoms with E-state index in [4.69, 9.17) is 0 Å². The quantitative estimate of drug-likeness (QED) is 0.758. The van der Waals surface area contributed by atoms with E-state index in [0.29, 0.717) is 12.0 Å². The number of carbonyl (C=O) groups is 1. The molecular formula is C17H17N3O2. The lowest BCUT2D eigenvalue weighted by Gasteiger charge is -2.18. The summed E-state index contributed by atoms with van der Waals surface area (Å²) in [6.07, 6.45) is 5.80. The Hall–Kier alpha value is -2.66. The third kappa shape index (κ3) is 2.99. The van der Waals surface area contributed by atoms with E-state index in [1.165, 1.54) is 0 Å². The number of amides is 1. The van der Waals surface area contributed by atoms with Gasteiger partial charge in [-0.05, 0) is 24.1 Å². The number of rotatable bonds is 5. The van der Waals surface area contributed by atoms with Crippen molar-refractivity contribution >= 4 is 11.6 Å². The van der Waals surface area contributed by atoms with Gasteiger partial charge in [-0.25, -0.2) is 4.98 Å². The molecule has 2 N–H and O–H groups in total. The normalized spacial score (nSPS) is 12.2. The van der Waals surface area contributed by atoms with Crippen LogP contribution in [0, 0.1) is 0 Å². The molecule has 2 aromatic heterocycles. The lowest BCUT2D eigenvalue weighted by atomic mass is 10.0. The molecule has 5 nitrogen and oxygen atoms in total. The molecule has 1 unspecified atom stereocenters. The van der Waals surface area contributed by atoms with Crippen molar-refractivity contribution in [2.75, 3.05) is 6.61 Å². The minimum Gasteiger partial charge on any atom is -0.396 e. The largest absolute Gasteiger partial charge is 0.396 e. The molecule has 0 fully saturated rings. The number of nitrogens with one attached hydrogen (secondary N) is 1. The third-order valence-corrected chi connectivity index (χ3v) is 3.59. The highest BCUT2D eigenvalue weighted by atomic mass is 16.3. The fourth-order valence-corrected chi connectivity index (χ4v) is 2.43. The van der Waals surface area contributed by atoms with Crippen molar-refractivity contribution < 1.29 is 9.90 Å². The molecule has 2 heterocycles. The number of aliphatic hydroxyl groups excluding tert-OH is 1. The first kappa shape index (κ1) is 14.3. The van der Waals surface area contributed by atoms with Crippen molar-refractivity contribution in [1.29, 1.82) is 0 Å². The lowest BCUT2D eigenvalue weighted by molar-refractivity contribution is 0.0930. The van der Waals surface area contributed by atoms with E-state index in [9.17, 15) is 9.90 Å². The van der Waals surface area contributed by atoms with E-state index in [0.717, 1.165) is 11.2 Å². The number of aliphatic hydroxyl groups is 1. The molecule has 1 atom stereocenters. The van der Waals surface area contributed by atoms with Gasteiger partial charge in [0, 0.05) is 30.8 Å². The molecule has 0 spiro atoms. The number of aromatic nitrogens is 2. The Bertz CT molecular complexity index is 768. The number of hydrogen-bond donors (Lipinski definition) is 2. The Labute approximate surface area is 128 Å². The Kier molecular flexibility index (Phi) is 4.16. The van der Waals surface area contributed by atoms with Gasteiger partial charge < -0.3 is 14.8 Å². The summed E-state index contributed by atoms with van der Waals surface area (Å²) < 4.78 is 1.85. The summed E-state index contributed by atoms with van der Waals surface area (Å²) in [5.41, 5.74) is 2.26. The number of carbonyl (C=O) groups excluding carboxylic acids is 1. The van der Waals surface area contributed by atoms with E-state index >= 15 is 0 Å². The Morgan fingerprint density at radius 2 is 2.05 bits per heavy atom. The van der Waals surface area contributed by atoms with Crippen LogP contribution in [0.1, 0.15) is 28.4 Å². The number of hydrogen-bond acceptors (Lipinski definition) is 3. The molecule has 0 saturated carbocycles. The maximum Gasteiger partial charge on any atom is 0.251 e. The SMILES string of the molecule is O=C(NC(CCO)c1ccccc1)c1ccn2ccnc2c1. The van der Waals surface area contributed by atoms with Crippen LogP contribution in [0.5, 0.6) is 0 Å². The second kappa shape index (κ2) is 6.41. The molecule has 1 amide bonds. The zero-order valence-corrected chi connectivity index (χ0v) is 12.0. The summed E-state index contributed by atoms with van der Waals surface area (Å²) >= 11 is 0. The number of nitrogens with zero attached hydrogens (tertiary/aromatic N) is 2. The summed E-state index contributed by atoms with van der Waals surface area (Å²) in [6, 6.07) is 12.9. The average Bonchev–Trinajstić information content (AvgIpc) is 3.02. The van der Waals surface area contributed by atoms with Crippen LogP contribution in [-0.4, -0.2) is 27.0 Å². The van der Waals surface area contributed by atoms with E-state index in [-0.39, 0.29) is 18.6 Å². The highest BCUT2D eigenvalue weighted by Crippen LogP contribution is 2.17. The van der Waals surface area contributed by atoms with Crippen LogP contribution in [0.4, 0.5) is 0 Å². The first-order valence-corrected chi connectivity index (χ1v) is 7.17. The topological polar surface area (TPSA) is 66.6 Å². The van der Waals surface area contributed by atoms with Gasteiger partial charge in [-0.3, -0.25) is 4.79 Å². The summed E-state index contributed by atoms with van der Waals surface area (Å²) in [5.74, 6) is -0.173. The molecule has 0 aliphatic carbocycles. The van der Waals surface area contributed by atoms with Gasteiger partial charge in [0.25, 0.3) is 5.91 Å². The van der Waals surface area contributed by atoms with Crippen LogP contribution in [0.15, 0.2) is 61.1 Å². The third-order valence-electron chi connectivity index (χ3n) is 3.59. The summed E-state index contributed by atoms with van der Waals surface area (Å²) in [4.78, 5) is 16.6. The van der Waals surface area contributed by atoms with Gasteiger partial charge in [-0.15, -0.1) is 0 Å². The minimum absolute atomic E-state index is 0.0130. The molecule has 112 valence electrons. The standard InChI is InChI=1S/C17H17N3O2/c21-11-7-15(13-4-2-1-3-5-13)19-17(22)14-6-9-20-10-8-18-16(20)12-14/h1-6,8-10,12,15,21H,7,11H2,(H,19,22). The highest BCUT2D eigenvalue weighted by Gasteiger charge is 2.15. The van der Waals surface area contributed by atoms with Gasteiger partial charge in [-0.2, -0.15) is 0 Å². The lowest BCUT2D eigenvalue weighted by Crippen LogP contribution is -2.29. The van der Waals surface area contributed by atoms with Crippen LogP contribution >= 0.6 is 0 Å². The van der Waals surface area contributed by atoms with Crippen molar-refractivity contribution in [1.82, 2.24) is 14.7 Å². The molecule has 5 heteroatoms. The molecule has 3 rings (SSSR count). The molecular weight excluding hydrogens is 278 g/mol. The first-order valence-electron chi connectivity index (χ1n) is 7.17. The van der Waals surface area contributed by atoms with Crippen molar-refractivity contribution in [3.8, 4) is 0 Å². The maximum atomic E-state index is 12.4. The fraction of sp³-hybridized carbons (Fsp3) is 0.176. The number of imidazole rings is 1. The smallest absolute Gasteiger partial charge is 0.251 e. The zero-order chi connectivity index (χ0) is 15.4. The van der Waals surface area contributed by atoms with E-state index in [1.807, 2.05) is 40.9 Å². The Morgan fingerprint density at radius 3 is 2.82 bits per heavy atom. The Morgan fingerprint density at radius 1 is 1.23 bits per heavy atom. The second-order valence-electron chi connectivity index (χ2n) is 5.06. The molecule has 1 aromatic carbocycles. The van der Waals surface area contributed by atoms with Crippen molar-refractivity contribution in [2.24, 2.45) is 0 Å². The van der Waals surface area contributed by atoms with E-state index in [2.05, 4.69) is 10.3 Å². The molecule has 22 heavy (non-hydrogen) atoms. The van der Waals surface area contributed by atoms with Crippen LogP contribution < -0.4 is 5.32 Å². The van der Waals surface area contributed by atoms with E-state index < -0.39 is 0 Å². The molecule has 0 aliphatic rings. The van der Waals surface area contributed by atoms with Gasteiger partial charge in [0.05, 0.1) is 6.04 Å². The molecule has 0 aliphatic heterocycles. The molecule has 0 saturated heterocycles. The van der Waals surface area contributed by atoms with Gasteiger partial charge in [0.1, 0.15) is 5.65 Å². The average molecular weight is 295 g/mol. The van der Waals surface area contributed by atoms with E-state index in [1.54, 1.807) is 24.5 Å². The predicted molar refractivity (Wildman–Crippen MR) is 83.5 cm³/mol. The molecule has 0 radical (unpaired) electrons. The summed E-state index contributed by atoms with van der Waals surface area (Å²) in [6.45, 7) is 0.0130. The predicted octanol–water partition coefficient (Wildman–Crippen LogP) is 2.19. The van der Waals surface area contributed by atoms with Crippen LogP contribution in [-0.2, 0) is 0 Å². The first-order chi connectivity index (χ1) is 10.8. The van der Waals surface area contributed by atoms with Crippen LogP contribution in [0.25, 0.3) is 5.65 Å². The number of fused-ring (bicyclic) bond motifs is 1. The second-order valence-corrected chi connectivity index (χ2v) is 5.06. The van der Waals surface area contributed by atoms with Gasteiger partial charge >= 0.3 is 0 Å². The van der Waals surface area contributed by atoms with Gasteiger partial charge in [-0.1, -0.05) is 30.3 Å². The zero-order valence-electron chi connectivity index (χ0n) is 12.0. The van der Waals surface area contributed by atoms with Crippen LogP contribution in [0.2, 0.25) is 0 Å². The maximum absolute atomic E-state index is 12.4. The van der Waals surface area contributed by atoms with Gasteiger partial charge in [0.15, 0.2) is 0 Å². The van der Waals surface area contributed by atoms with Crippen molar-refractivity contribution in [3.05, 3.63) is 72.2 Å².